The first-order chi connectivity index (χ1) is 6.73. The van der Waals surface area contributed by atoms with Crippen LogP contribution in [0.15, 0.2) is 12.1 Å². The van der Waals surface area contributed by atoms with Crippen LogP contribution in [0, 0.1) is 22.9 Å². The Bertz CT molecular complexity index is 346. The summed E-state index contributed by atoms with van der Waals surface area (Å²) in [5, 5.41) is 9.74. The second kappa shape index (κ2) is 3.85. The van der Waals surface area contributed by atoms with Crippen molar-refractivity contribution in [2.45, 2.75) is 26.9 Å². The largest absolute Gasteiger partial charge is 0.388 e. The van der Waals surface area contributed by atoms with Gasteiger partial charge in [0.05, 0.1) is 6.10 Å². The molecule has 0 bridgehead atoms. The molecule has 4 heteroatoms. The van der Waals surface area contributed by atoms with Gasteiger partial charge in [0.15, 0.2) is 17.5 Å². The monoisotopic (exact) mass is 218 g/mol. The van der Waals surface area contributed by atoms with Crippen LogP contribution in [0.4, 0.5) is 13.2 Å². The van der Waals surface area contributed by atoms with Crippen molar-refractivity contribution in [1.82, 2.24) is 0 Å². The highest BCUT2D eigenvalue weighted by atomic mass is 19.2. The molecule has 1 nitrogen and oxygen atoms in total. The molecule has 0 saturated heterocycles. The van der Waals surface area contributed by atoms with E-state index in [1.165, 1.54) is 0 Å². The van der Waals surface area contributed by atoms with Gasteiger partial charge in [-0.05, 0) is 23.1 Å². The lowest BCUT2D eigenvalue weighted by atomic mass is 9.85. The molecule has 0 amide bonds. The van der Waals surface area contributed by atoms with E-state index in [1.54, 1.807) is 20.8 Å². The first kappa shape index (κ1) is 12.0. The molecule has 0 aliphatic rings. The van der Waals surface area contributed by atoms with Gasteiger partial charge in [-0.2, -0.15) is 0 Å². The molecule has 1 atom stereocenters. The molecule has 84 valence electrons. The maximum absolute atomic E-state index is 12.9. The summed E-state index contributed by atoms with van der Waals surface area (Å²) in [7, 11) is 0. The Morgan fingerprint density at radius 3 is 1.80 bits per heavy atom. The minimum atomic E-state index is -1.51. The Balaban J connectivity index is 3.17. The third-order valence-electron chi connectivity index (χ3n) is 2.14. The number of halogens is 3. The summed E-state index contributed by atoms with van der Waals surface area (Å²) in [6.45, 7) is 5.16. The van der Waals surface area contributed by atoms with Crippen molar-refractivity contribution in [2.75, 3.05) is 0 Å². The smallest absolute Gasteiger partial charge is 0.194 e. The van der Waals surface area contributed by atoms with Gasteiger partial charge >= 0.3 is 0 Å². The summed E-state index contributed by atoms with van der Waals surface area (Å²) in [6.07, 6.45) is -1.04. The summed E-state index contributed by atoms with van der Waals surface area (Å²) in [5.74, 6) is -4.08. The van der Waals surface area contributed by atoms with Crippen molar-refractivity contribution in [3.63, 3.8) is 0 Å². The molecule has 0 saturated carbocycles. The lowest BCUT2D eigenvalue weighted by Gasteiger charge is -2.26. The number of aliphatic hydroxyl groups is 1. The zero-order valence-electron chi connectivity index (χ0n) is 8.81. The van der Waals surface area contributed by atoms with Gasteiger partial charge in [0.1, 0.15) is 0 Å². The Kier molecular flexibility index (Phi) is 3.09. The maximum Gasteiger partial charge on any atom is 0.194 e. The number of benzene rings is 1. The van der Waals surface area contributed by atoms with E-state index in [1.807, 2.05) is 0 Å². The van der Waals surface area contributed by atoms with Gasteiger partial charge in [-0.15, -0.1) is 0 Å². The van der Waals surface area contributed by atoms with Crippen LogP contribution in [0.3, 0.4) is 0 Å². The quantitative estimate of drug-likeness (QED) is 0.718. The molecular formula is C11H13F3O. The number of rotatable bonds is 1. The second-order valence-electron chi connectivity index (χ2n) is 4.57. The predicted molar refractivity (Wildman–Crippen MR) is 50.7 cm³/mol. The van der Waals surface area contributed by atoms with Crippen LogP contribution in [0.25, 0.3) is 0 Å². The van der Waals surface area contributed by atoms with Crippen LogP contribution in [0.5, 0.6) is 0 Å². The third kappa shape index (κ3) is 2.50. The van der Waals surface area contributed by atoms with Gasteiger partial charge < -0.3 is 5.11 Å². The molecule has 1 unspecified atom stereocenters. The number of hydrogen-bond donors (Lipinski definition) is 1. The molecule has 0 aliphatic heterocycles. The maximum atomic E-state index is 12.9. The highest BCUT2D eigenvalue weighted by Crippen LogP contribution is 2.33. The Labute approximate surface area is 86.5 Å². The molecule has 0 radical (unpaired) electrons. The van der Waals surface area contributed by atoms with Gasteiger partial charge in [-0.3, -0.25) is 0 Å². The van der Waals surface area contributed by atoms with Crippen LogP contribution in [-0.2, 0) is 0 Å². The van der Waals surface area contributed by atoms with Crippen molar-refractivity contribution in [2.24, 2.45) is 5.41 Å². The molecule has 0 fully saturated rings. The van der Waals surface area contributed by atoms with Gasteiger partial charge in [-0.1, -0.05) is 20.8 Å². The third-order valence-corrected chi connectivity index (χ3v) is 2.14. The zero-order chi connectivity index (χ0) is 11.8. The zero-order valence-corrected chi connectivity index (χ0v) is 8.81. The molecule has 1 rings (SSSR count). The van der Waals surface area contributed by atoms with E-state index in [-0.39, 0.29) is 5.56 Å². The minimum absolute atomic E-state index is 0.0406. The summed E-state index contributed by atoms with van der Waals surface area (Å²) in [5.41, 5.74) is -0.518. The fourth-order valence-corrected chi connectivity index (χ4v) is 1.23. The van der Waals surface area contributed by atoms with Crippen molar-refractivity contribution in [3.8, 4) is 0 Å². The molecule has 1 aromatic rings. The molecule has 0 heterocycles. The first-order valence-electron chi connectivity index (χ1n) is 4.56. The summed E-state index contributed by atoms with van der Waals surface area (Å²) in [4.78, 5) is 0. The molecule has 0 spiro atoms. The lowest BCUT2D eigenvalue weighted by Crippen LogP contribution is -2.18. The molecule has 1 aromatic carbocycles. The van der Waals surface area contributed by atoms with Gasteiger partial charge in [0.25, 0.3) is 0 Å². The highest BCUT2D eigenvalue weighted by Gasteiger charge is 2.25. The van der Waals surface area contributed by atoms with E-state index in [4.69, 9.17) is 0 Å². The van der Waals surface area contributed by atoms with E-state index in [0.29, 0.717) is 0 Å². The molecule has 0 aliphatic carbocycles. The Hall–Kier alpha value is -1.03. The second-order valence-corrected chi connectivity index (χ2v) is 4.57. The van der Waals surface area contributed by atoms with Gasteiger partial charge in [-0.25, -0.2) is 13.2 Å². The van der Waals surface area contributed by atoms with Crippen LogP contribution < -0.4 is 0 Å². The Morgan fingerprint density at radius 2 is 1.47 bits per heavy atom. The topological polar surface area (TPSA) is 20.2 Å². The molecule has 0 aromatic heterocycles. The average Bonchev–Trinajstić information content (AvgIpc) is 2.10. The molecule has 15 heavy (non-hydrogen) atoms. The minimum Gasteiger partial charge on any atom is -0.388 e. The fourth-order valence-electron chi connectivity index (χ4n) is 1.23. The van der Waals surface area contributed by atoms with E-state index < -0.39 is 29.0 Å². The Morgan fingerprint density at radius 1 is 1.07 bits per heavy atom. The predicted octanol–water partition coefficient (Wildman–Crippen LogP) is 3.18. The normalized spacial score (nSPS) is 14.1. The van der Waals surface area contributed by atoms with Crippen molar-refractivity contribution in [3.05, 3.63) is 35.1 Å². The van der Waals surface area contributed by atoms with Gasteiger partial charge in [0.2, 0.25) is 0 Å². The molecular weight excluding hydrogens is 205 g/mol. The van der Waals surface area contributed by atoms with Crippen LogP contribution in [-0.4, -0.2) is 5.11 Å². The lowest BCUT2D eigenvalue weighted by molar-refractivity contribution is 0.0619. The summed E-state index contributed by atoms with van der Waals surface area (Å²) < 4.78 is 38.4. The van der Waals surface area contributed by atoms with Gasteiger partial charge in [0, 0.05) is 0 Å². The van der Waals surface area contributed by atoms with Crippen molar-refractivity contribution in [1.29, 1.82) is 0 Å². The highest BCUT2D eigenvalue weighted by molar-refractivity contribution is 5.22. The first-order valence-corrected chi connectivity index (χ1v) is 4.56. The van der Waals surface area contributed by atoms with E-state index in [9.17, 15) is 18.3 Å². The van der Waals surface area contributed by atoms with E-state index >= 15 is 0 Å². The van der Waals surface area contributed by atoms with Crippen molar-refractivity contribution >= 4 is 0 Å². The van der Waals surface area contributed by atoms with Crippen LogP contribution in [0.1, 0.15) is 32.4 Å². The van der Waals surface area contributed by atoms with E-state index in [0.717, 1.165) is 12.1 Å². The summed E-state index contributed by atoms with van der Waals surface area (Å²) >= 11 is 0. The molecule has 1 N–H and O–H groups in total. The fraction of sp³-hybridized carbons (Fsp3) is 0.455. The van der Waals surface area contributed by atoms with E-state index in [2.05, 4.69) is 0 Å². The van der Waals surface area contributed by atoms with Crippen molar-refractivity contribution < 1.29 is 18.3 Å². The standard InChI is InChI=1S/C11H13F3O/c1-11(2,3)10(15)6-4-7(12)9(14)8(13)5-6/h4-5,10,15H,1-3H3. The average molecular weight is 218 g/mol. The van der Waals surface area contributed by atoms with Crippen LogP contribution >= 0.6 is 0 Å². The SMILES string of the molecule is CC(C)(C)C(O)c1cc(F)c(F)c(F)c1. The van der Waals surface area contributed by atoms with Crippen LogP contribution in [0.2, 0.25) is 0 Å². The summed E-state index contributed by atoms with van der Waals surface area (Å²) in [6, 6.07) is 1.63. The number of hydrogen-bond acceptors (Lipinski definition) is 1. The number of aliphatic hydroxyl groups excluding tert-OH is 1.